The van der Waals surface area contributed by atoms with Crippen LogP contribution in [0, 0.1) is 6.92 Å². The predicted octanol–water partition coefficient (Wildman–Crippen LogP) is 3.13. The topological polar surface area (TPSA) is 21.6 Å². The molecule has 0 aliphatic carbocycles. The van der Waals surface area contributed by atoms with Crippen LogP contribution in [0.15, 0.2) is 23.2 Å². The summed E-state index contributed by atoms with van der Waals surface area (Å²) in [5.74, 6) is 0.798. The molecule has 0 heterocycles. The smallest absolute Gasteiger partial charge is 0.119 e. The van der Waals surface area contributed by atoms with Crippen molar-refractivity contribution in [2.45, 2.75) is 6.92 Å². The number of benzene rings is 1. The third kappa shape index (κ3) is 3.46. The highest BCUT2D eigenvalue weighted by Crippen LogP contribution is 2.20. The van der Waals surface area contributed by atoms with Gasteiger partial charge in [0.2, 0.25) is 0 Å². The van der Waals surface area contributed by atoms with Crippen molar-refractivity contribution in [1.82, 2.24) is 0 Å². The second kappa shape index (κ2) is 5.76. The van der Waals surface area contributed by atoms with Gasteiger partial charge in [-0.25, -0.2) is 4.99 Å². The third-order valence-electron chi connectivity index (χ3n) is 1.67. The molecule has 0 unspecified atom stereocenters. The fraction of sp³-hybridized carbons (Fsp3) is 0.300. The lowest BCUT2D eigenvalue weighted by atomic mass is 10.2. The van der Waals surface area contributed by atoms with Crippen LogP contribution >= 0.6 is 23.8 Å². The van der Waals surface area contributed by atoms with Crippen molar-refractivity contribution >= 4 is 29.0 Å². The van der Waals surface area contributed by atoms with E-state index in [1.165, 1.54) is 0 Å². The molecule has 0 bridgehead atoms. The van der Waals surface area contributed by atoms with E-state index in [2.05, 4.69) is 22.4 Å². The summed E-state index contributed by atoms with van der Waals surface area (Å²) in [7, 11) is 0. The Balaban J connectivity index is 2.51. The first-order chi connectivity index (χ1) is 6.74. The molecule has 0 fully saturated rings. The summed E-state index contributed by atoms with van der Waals surface area (Å²) < 4.78 is 5.41. The number of hydrogen-bond donors (Lipinski definition) is 0. The minimum Gasteiger partial charge on any atom is -0.492 e. The van der Waals surface area contributed by atoms with Gasteiger partial charge in [-0.05, 0) is 42.9 Å². The monoisotopic (exact) mass is 227 g/mol. The lowest BCUT2D eigenvalue weighted by molar-refractivity contribution is 0.329. The number of ether oxygens (including phenoxy) is 1. The number of nitrogens with zero attached hydrogens (tertiary/aromatic N) is 1. The van der Waals surface area contributed by atoms with Gasteiger partial charge in [-0.3, -0.25) is 0 Å². The van der Waals surface area contributed by atoms with E-state index in [0.717, 1.165) is 16.3 Å². The minimum absolute atomic E-state index is 0.505. The second-order valence-corrected chi connectivity index (χ2v) is 3.32. The van der Waals surface area contributed by atoms with Gasteiger partial charge in [-0.2, -0.15) is 0 Å². The van der Waals surface area contributed by atoms with Gasteiger partial charge in [0, 0.05) is 5.02 Å². The van der Waals surface area contributed by atoms with E-state index in [9.17, 15) is 0 Å². The maximum absolute atomic E-state index is 5.87. The highest BCUT2D eigenvalue weighted by atomic mass is 35.5. The molecule has 14 heavy (non-hydrogen) atoms. The SMILES string of the molecule is Cc1cc(OCCN=C=S)ccc1Cl. The zero-order valence-corrected chi connectivity index (χ0v) is 9.36. The summed E-state index contributed by atoms with van der Waals surface area (Å²) in [4.78, 5) is 3.74. The Morgan fingerprint density at radius 3 is 3.00 bits per heavy atom. The Kier molecular flexibility index (Phi) is 4.60. The molecule has 4 heteroatoms. The highest BCUT2D eigenvalue weighted by Gasteiger charge is 1.97. The summed E-state index contributed by atoms with van der Waals surface area (Å²) in [5, 5.41) is 3.03. The largest absolute Gasteiger partial charge is 0.492 e. The molecule has 2 nitrogen and oxygen atoms in total. The molecule has 0 saturated carbocycles. The van der Waals surface area contributed by atoms with Crippen molar-refractivity contribution in [2.75, 3.05) is 13.2 Å². The van der Waals surface area contributed by atoms with Gasteiger partial charge in [0.05, 0.1) is 11.7 Å². The molecule has 1 rings (SSSR count). The molecular formula is C10H10ClNOS. The number of rotatable bonds is 4. The van der Waals surface area contributed by atoms with E-state index in [0.29, 0.717) is 13.2 Å². The quantitative estimate of drug-likeness (QED) is 0.448. The molecule has 0 spiro atoms. The van der Waals surface area contributed by atoms with Crippen molar-refractivity contribution < 1.29 is 4.74 Å². The van der Waals surface area contributed by atoms with Crippen molar-refractivity contribution in [3.63, 3.8) is 0 Å². The van der Waals surface area contributed by atoms with Crippen LogP contribution in [-0.2, 0) is 0 Å². The Morgan fingerprint density at radius 2 is 2.36 bits per heavy atom. The van der Waals surface area contributed by atoms with Crippen LogP contribution in [0.1, 0.15) is 5.56 Å². The fourth-order valence-corrected chi connectivity index (χ4v) is 1.17. The summed E-state index contributed by atoms with van der Waals surface area (Å²) in [6, 6.07) is 5.54. The van der Waals surface area contributed by atoms with Gasteiger partial charge in [0.15, 0.2) is 0 Å². The molecule has 0 radical (unpaired) electrons. The Morgan fingerprint density at radius 1 is 1.57 bits per heavy atom. The summed E-state index contributed by atoms with van der Waals surface area (Å²) in [6.45, 7) is 2.97. The second-order valence-electron chi connectivity index (χ2n) is 2.73. The van der Waals surface area contributed by atoms with E-state index in [4.69, 9.17) is 16.3 Å². The van der Waals surface area contributed by atoms with E-state index in [1.54, 1.807) is 0 Å². The number of aliphatic imine (C=N–C) groups is 1. The van der Waals surface area contributed by atoms with Crippen LogP contribution in [0.5, 0.6) is 5.75 Å². The van der Waals surface area contributed by atoms with E-state index in [1.807, 2.05) is 25.1 Å². The maximum Gasteiger partial charge on any atom is 0.119 e. The molecule has 0 aromatic heterocycles. The van der Waals surface area contributed by atoms with Gasteiger partial charge >= 0.3 is 0 Å². The van der Waals surface area contributed by atoms with Crippen LogP contribution in [0.2, 0.25) is 5.02 Å². The fourth-order valence-electron chi connectivity index (χ4n) is 0.962. The van der Waals surface area contributed by atoms with Gasteiger partial charge in [-0.15, -0.1) is 0 Å². The number of thiocarbonyl (C=S) groups is 1. The van der Waals surface area contributed by atoms with Gasteiger partial charge < -0.3 is 4.74 Å². The average Bonchev–Trinajstić information content (AvgIpc) is 2.18. The van der Waals surface area contributed by atoms with Gasteiger partial charge in [0.25, 0.3) is 0 Å². The number of aryl methyl sites for hydroxylation is 1. The normalized spacial score (nSPS) is 9.29. The van der Waals surface area contributed by atoms with Crippen LogP contribution in [0.25, 0.3) is 0 Å². The molecule has 0 atom stereocenters. The van der Waals surface area contributed by atoms with E-state index >= 15 is 0 Å². The maximum atomic E-state index is 5.87. The first kappa shape index (κ1) is 11.2. The molecule has 1 aromatic carbocycles. The number of hydrogen-bond acceptors (Lipinski definition) is 3. The molecule has 0 N–H and O–H groups in total. The van der Waals surface area contributed by atoms with Crippen LogP contribution in [0.3, 0.4) is 0 Å². The summed E-state index contributed by atoms with van der Waals surface area (Å²) in [6.07, 6.45) is 0. The summed E-state index contributed by atoms with van der Waals surface area (Å²) >= 11 is 10.3. The number of halogens is 1. The lowest BCUT2D eigenvalue weighted by Crippen LogP contribution is -2.00. The molecule has 0 amide bonds. The predicted molar refractivity (Wildman–Crippen MR) is 61.6 cm³/mol. The van der Waals surface area contributed by atoms with Crippen molar-refractivity contribution in [2.24, 2.45) is 4.99 Å². The average molecular weight is 228 g/mol. The van der Waals surface area contributed by atoms with E-state index < -0.39 is 0 Å². The summed E-state index contributed by atoms with van der Waals surface area (Å²) in [5.41, 5.74) is 1.00. The minimum atomic E-state index is 0.505. The van der Waals surface area contributed by atoms with Crippen LogP contribution in [0.4, 0.5) is 0 Å². The van der Waals surface area contributed by atoms with Crippen molar-refractivity contribution in [3.8, 4) is 5.75 Å². The molecule has 1 aromatic rings. The zero-order chi connectivity index (χ0) is 10.4. The highest BCUT2D eigenvalue weighted by molar-refractivity contribution is 7.78. The lowest BCUT2D eigenvalue weighted by Gasteiger charge is -2.05. The van der Waals surface area contributed by atoms with Crippen molar-refractivity contribution in [1.29, 1.82) is 0 Å². The van der Waals surface area contributed by atoms with Crippen molar-refractivity contribution in [3.05, 3.63) is 28.8 Å². The Bertz CT molecular complexity index is 361. The van der Waals surface area contributed by atoms with Crippen LogP contribution < -0.4 is 4.74 Å². The van der Waals surface area contributed by atoms with Crippen LogP contribution in [-0.4, -0.2) is 18.3 Å². The molecule has 0 aliphatic heterocycles. The standard InChI is InChI=1S/C10H10ClNOS/c1-8-6-9(2-3-10(8)11)13-5-4-12-7-14/h2-3,6H,4-5H2,1H3. The first-order valence-electron chi connectivity index (χ1n) is 4.16. The molecule has 74 valence electrons. The molecule has 0 aliphatic rings. The molecular weight excluding hydrogens is 218 g/mol. The number of isothiocyanates is 1. The van der Waals surface area contributed by atoms with Gasteiger partial charge in [0.1, 0.15) is 12.4 Å². The zero-order valence-electron chi connectivity index (χ0n) is 7.79. The molecule has 0 saturated heterocycles. The Hall–Kier alpha value is -0.890. The van der Waals surface area contributed by atoms with Gasteiger partial charge in [-0.1, -0.05) is 11.6 Å². The third-order valence-corrected chi connectivity index (χ3v) is 2.22. The van der Waals surface area contributed by atoms with E-state index in [-0.39, 0.29) is 0 Å². The first-order valence-corrected chi connectivity index (χ1v) is 4.95. The Labute approximate surface area is 93.6 Å².